The molecule has 0 aliphatic rings. The van der Waals surface area contributed by atoms with Crippen LogP contribution in [0.3, 0.4) is 0 Å². The second-order valence-electron chi connectivity index (χ2n) is 1.41. The predicted molar refractivity (Wildman–Crippen MR) is 29.4 cm³/mol. The molecule has 44 valence electrons. The highest BCUT2D eigenvalue weighted by Gasteiger charge is 1.87. The number of hydrogen-bond acceptors (Lipinski definition) is 2. The number of nitrogens with zero attached hydrogens (tertiary/aromatic N) is 1. The third-order valence-electron chi connectivity index (χ3n) is 0.630. The summed E-state index contributed by atoms with van der Waals surface area (Å²) >= 11 is 0. The SMILES string of the molecule is CC(=O)N(C)C.N. The molecule has 0 heterocycles. The quantitative estimate of drug-likeness (QED) is 0.479. The van der Waals surface area contributed by atoms with E-state index in [0.717, 1.165) is 0 Å². The maximum absolute atomic E-state index is 10.1. The monoisotopic (exact) mass is 104 g/mol. The summed E-state index contributed by atoms with van der Waals surface area (Å²) < 4.78 is 0. The van der Waals surface area contributed by atoms with E-state index in [4.69, 9.17) is 0 Å². The number of rotatable bonds is 0. The van der Waals surface area contributed by atoms with Gasteiger partial charge in [0.1, 0.15) is 0 Å². The van der Waals surface area contributed by atoms with Gasteiger partial charge in [-0.25, -0.2) is 0 Å². The van der Waals surface area contributed by atoms with E-state index in [0.29, 0.717) is 0 Å². The van der Waals surface area contributed by atoms with Gasteiger partial charge in [0, 0.05) is 21.0 Å². The van der Waals surface area contributed by atoms with Crippen LogP contribution in [-0.2, 0) is 4.79 Å². The van der Waals surface area contributed by atoms with Gasteiger partial charge in [0.15, 0.2) is 0 Å². The summed E-state index contributed by atoms with van der Waals surface area (Å²) in [6, 6.07) is 0. The van der Waals surface area contributed by atoms with Crippen molar-refractivity contribution < 1.29 is 4.79 Å². The van der Waals surface area contributed by atoms with Gasteiger partial charge >= 0.3 is 0 Å². The van der Waals surface area contributed by atoms with Crippen molar-refractivity contribution >= 4 is 5.91 Å². The molecule has 0 saturated heterocycles. The van der Waals surface area contributed by atoms with Crippen molar-refractivity contribution in [1.29, 1.82) is 0 Å². The lowest BCUT2D eigenvalue weighted by Crippen LogP contribution is -2.17. The normalized spacial score (nSPS) is 6.71. The maximum Gasteiger partial charge on any atom is 0.218 e. The molecule has 0 unspecified atom stereocenters. The first-order valence-corrected chi connectivity index (χ1v) is 1.82. The van der Waals surface area contributed by atoms with E-state index < -0.39 is 0 Å². The highest BCUT2D eigenvalue weighted by Crippen LogP contribution is 1.69. The molecule has 0 rings (SSSR count). The standard InChI is InChI=1S/C4H9NO.H3N/c1-4(6)5(2)3;/h1-3H3;1H3. The van der Waals surface area contributed by atoms with Gasteiger partial charge in [0.2, 0.25) is 5.91 Å². The van der Waals surface area contributed by atoms with E-state index in [1.54, 1.807) is 14.1 Å². The Balaban J connectivity index is 0. The molecule has 3 N–H and O–H groups in total. The number of amides is 1. The molecule has 0 radical (unpaired) electrons. The molecule has 0 bridgehead atoms. The Morgan fingerprint density at radius 2 is 1.57 bits per heavy atom. The number of hydrogen-bond donors (Lipinski definition) is 1. The Hall–Kier alpha value is -0.570. The average Bonchev–Trinajstić information content (AvgIpc) is 1.36. The zero-order chi connectivity index (χ0) is 5.15. The first-order chi connectivity index (χ1) is 2.64. The van der Waals surface area contributed by atoms with Crippen LogP contribution in [0.5, 0.6) is 0 Å². The van der Waals surface area contributed by atoms with Crippen LogP contribution < -0.4 is 6.15 Å². The van der Waals surface area contributed by atoms with Crippen molar-refractivity contribution in [1.82, 2.24) is 11.1 Å². The van der Waals surface area contributed by atoms with Crippen LogP contribution in [0.2, 0.25) is 0 Å². The van der Waals surface area contributed by atoms with Crippen molar-refractivity contribution in [2.45, 2.75) is 6.92 Å². The van der Waals surface area contributed by atoms with E-state index >= 15 is 0 Å². The highest BCUT2D eigenvalue weighted by atomic mass is 16.2. The fraction of sp³-hybridized carbons (Fsp3) is 0.750. The van der Waals surface area contributed by atoms with Crippen molar-refractivity contribution in [2.24, 2.45) is 0 Å². The lowest BCUT2D eigenvalue weighted by atomic mass is 10.7. The van der Waals surface area contributed by atoms with Crippen LogP contribution in [-0.4, -0.2) is 24.9 Å². The van der Waals surface area contributed by atoms with Crippen LogP contribution in [0.1, 0.15) is 6.92 Å². The Morgan fingerprint density at radius 1 is 1.43 bits per heavy atom. The number of carbonyl (C=O) groups excluding carboxylic acids is 1. The van der Waals surface area contributed by atoms with Crippen molar-refractivity contribution in [2.75, 3.05) is 14.1 Å². The molecule has 1 amide bonds. The first-order valence-electron chi connectivity index (χ1n) is 1.82. The average molecular weight is 104 g/mol. The summed E-state index contributed by atoms with van der Waals surface area (Å²) in [5.74, 6) is 0.0926. The largest absolute Gasteiger partial charge is 0.349 e. The molecule has 0 aromatic rings. The third-order valence-corrected chi connectivity index (χ3v) is 0.630. The summed E-state index contributed by atoms with van der Waals surface area (Å²) in [5, 5.41) is 0. The van der Waals surface area contributed by atoms with Gasteiger partial charge in [0.05, 0.1) is 0 Å². The van der Waals surface area contributed by atoms with Crippen LogP contribution >= 0.6 is 0 Å². The van der Waals surface area contributed by atoms with Gasteiger partial charge < -0.3 is 11.1 Å². The maximum atomic E-state index is 10.1. The summed E-state index contributed by atoms with van der Waals surface area (Å²) in [6.45, 7) is 1.53. The summed E-state index contributed by atoms with van der Waals surface area (Å²) in [5.41, 5.74) is 0. The number of carbonyl (C=O) groups is 1. The molecule has 0 fully saturated rings. The van der Waals surface area contributed by atoms with E-state index in [1.165, 1.54) is 11.8 Å². The van der Waals surface area contributed by atoms with Gasteiger partial charge in [-0.1, -0.05) is 0 Å². The summed E-state index contributed by atoms with van der Waals surface area (Å²) in [7, 11) is 3.45. The second kappa shape index (κ2) is 3.61. The molecule has 0 spiro atoms. The molecule has 0 aromatic heterocycles. The Morgan fingerprint density at radius 3 is 1.57 bits per heavy atom. The molecule has 0 saturated carbocycles. The minimum absolute atomic E-state index is 0. The summed E-state index contributed by atoms with van der Waals surface area (Å²) in [4.78, 5) is 11.6. The fourth-order valence-corrected chi connectivity index (χ4v) is 0. The topological polar surface area (TPSA) is 55.3 Å². The summed E-state index contributed by atoms with van der Waals surface area (Å²) in [6.07, 6.45) is 0. The van der Waals surface area contributed by atoms with Crippen molar-refractivity contribution in [3.63, 3.8) is 0 Å². The lowest BCUT2D eigenvalue weighted by Gasteiger charge is -2.02. The van der Waals surface area contributed by atoms with Gasteiger partial charge in [-0.3, -0.25) is 4.79 Å². The second-order valence-corrected chi connectivity index (χ2v) is 1.41. The van der Waals surface area contributed by atoms with Gasteiger partial charge in [0.25, 0.3) is 0 Å². The van der Waals surface area contributed by atoms with Crippen molar-refractivity contribution in [3.05, 3.63) is 0 Å². The molecule has 3 heteroatoms. The Labute approximate surface area is 43.9 Å². The van der Waals surface area contributed by atoms with E-state index in [1.807, 2.05) is 0 Å². The van der Waals surface area contributed by atoms with E-state index in [2.05, 4.69) is 0 Å². The van der Waals surface area contributed by atoms with Crippen LogP contribution in [0.4, 0.5) is 0 Å². The zero-order valence-corrected chi connectivity index (χ0v) is 5.06. The molecule has 3 nitrogen and oxygen atoms in total. The molecule has 0 aromatic carbocycles. The predicted octanol–water partition coefficient (Wildman–Crippen LogP) is 0.256. The smallest absolute Gasteiger partial charge is 0.218 e. The van der Waals surface area contributed by atoms with Gasteiger partial charge in [-0.15, -0.1) is 0 Å². The van der Waals surface area contributed by atoms with E-state index in [9.17, 15) is 4.79 Å². The Kier molecular flexibility index (Phi) is 4.99. The van der Waals surface area contributed by atoms with E-state index in [-0.39, 0.29) is 12.1 Å². The van der Waals surface area contributed by atoms with Gasteiger partial charge in [-0.2, -0.15) is 0 Å². The highest BCUT2D eigenvalue weighted by molar-refractivity contribution is 5.72. The van der Waals surface area contributed by atoms with Crippen LogP contribution in [0.25, 0.3) is 0 Å². The lowest BCUT2D eigenvalue weighted by molar-refractivity contribution is -0.126. The fourth-order valence-electron chi connectivity index (χ4n) is 0. The molecular formula is C4H12N2O. The molecule has 7 heavy (non-hydrogen) atoms. The zero-order valence-electron chi connectivity index (χ0n) is 5.06. The first kappa shape index (κ1) is 9.66. The van der Waals surface area contributed by atoms with Crippen LogP contribution in [0, 0.1) is 0 Å². The van der Waals surface area contributed by atoms with Crippen LogP contribution in [0.15, 0.2) is 0 Å². The van der Waals surface area contributed by atoms with Gasteiger partial charge in [-0.05, 0) is 0 Å². The molecule has 0 aliphatic carbocycles. The molecular weight excluding hydrogens is 92.1 g/mol. The molecule has 0 atom stereocenters. The minimum atomic E-state index is 0. The third kappa shape index (κ3) is 5.43. The van der Waals surface area contributed by atoms with Crippen molar-refractivity contribution in [3.8, 4) is 0 Å². The Bertz CT molecular complexity index is 60.7. The molecule has 0 aliphatic heterocycles. The minimum Gasteiger partial charge on any atom is -0.349 e.